The summed E-state index contributed by atoms with van der Waals surface area (Å²) in [5.74, 6) is -0.813. The fourth-order valence-corrected chi connectivity index (χ4v) is 6.12. The molecule has 0 saturated carbocycles. The van der Waals surface area contributed by atoms with E-state index in [9.17, 15) is 14.7 Å². The van der Waals surface area contributed by atoms with E-state index in [1.54, 1.807) is 0 Å². The number of para-hydroxylation sites is 1. The molecule has 3 aliphatic rings. The number of carbonyl (C=O) groups excluding carboxylic acids is 1. The number of aliphatic carboxylic acids is 1. The molecule has 7 nitrogen and oxygen atoms in total. The predicted octanol–water partition coefficient (Wildman–Crippen LogP) is 4.07. The van der Waals surface area contributed by atoms with E-state index in [1.807, 2.05) is 47.4 Å². The van der Waals surface area contributed by atoms with Crippen LogP contribution in [0.2, 0.25) is 0 Å². The monoisotopic (exact) mass is 483 g/mol. The maximum absolute atomic E-state index is 12.8. The van der Waals surface area contributed by atoms with Crippen molar-refractivity contribution in [2.75, 3.05) is 31.1 Å². The molecule has 3 aromatic rings. The van der Waals surface area contributed by atoms with E-state index < -0.39 is 12.1 Å². The molecule has 0 bridgehead atoms. The summed E-state index contributed by atoms with van der Waals surface area (Å²) in [7, 11) is 0. The molecule has 2 N–H and O–H groups in total. The van der Waals surface area contributed by atoms with Crippen LogP contribution in [0.3, 0.4) is 0 Å². The van der Waals surface area contributed by atoms with E-state index in [4.69, 9.17) is 4.74 Å². The van der Waals surface area contributed by atoms with Gasteiger partial charge >= 0.3 is 12.1 Å². The number of nitrogens with zero attached hydrogens (tertiary/aromatic N) is 2. The molecule has 0 aromatic heterocycles. The molecule has 36 heavy (non-hydrogen) atoms. The zero-order valence-corrected chi connectivity index (χ0v) is 20.0. The molecule has 2 aliphatic heterocycles. The van der Waals surface area contributed by atoms with E-state index in [2.05, 4.69) is 40.5 Å². The van der Waals surface area contributed by atoms with Crippen LogP contribution in [0, 0.1) is 0 Å². The molecule has 0 spiro atoms. The molecular formula is C29H29N3O4. The molecular weight excluding hydrogens is 454 g/mol. The predicted molar refractivity (Wildman–Crippen MR) is 137 cm³/mol. The van der Waals surface area contributed by atoms with E-state index in [1.165, 1.54) is 22.3 Å². The summed E-state index contributed by atoms with van der Waals surface area (Å²) in [5.41, 5.74) is 6.89. The lowest BCUT2D eigenvalue weighted by Crippen LogP contribution is -2.39. The van der Waals surface area contributed by atoms with Gasteiger partial charge in [0.1, 0.15) is 13.2 Å². The third-order valence-electron chi connectivity index (χ3n) is 7.66. The number of amides is 1. The SMILES string of the molecule is O=C(O)CN1C[C@@H]2C[C@H](NC(=O)OCC3c4ccccc4-c4ccccc43)CN2Cc2ccccc21. The lowest BCUT2D eigenvalue weighted by atomic mass is 9.98. The highest BCUT2D eigenvalue weighted by Crippen LogP contribution is 2.44. The summed E-state index contributed by atoms with van der Waals surface area (Å²) in [6.45, 7) is 2.32. The van der Waals surface area contributed by atoms with Gasteiger partial charge in [0.15, 0.2) is 0 Å². The average Bonchev–Trinajstić information content (AvgIpc) is 3.35. The van der Waals surface area contributed by atoms with E-state index in [0.29, 0.717) is 19.7 Å². The molecule has 1 fully saturated rings. The fourth-order valence-electron chi connectivity index (χ4n) is 6.12. The van der Waals surface area contributed by atoms with Crippen molar-refractivity contribution in [3.63, 3.8) is 0 Å². The summed E-state index contributed by atoms with van der Waals surface area (Å²) in [6.07, 6.45) is 0.358. The number of nitrogens with one attached hydrogen (secondary N) is 1. The summed E-state index contributed by atoms with van der Waals surface area (Å²) in [4.78, 5) is 28.6. The smallest absolute Gasteiger partial charge is 0.407 e. The summed E-state index contributed by atoms with van der Waals surface area (Å²) < 4.78 is 5.75. The van der Waals surface area contributed by atoms with Crippen LogP contribution in [0.15, 0.2) is 72.8 Å². The number of carboxylic acids is 1. The first kappa shape index (κ1) is 22.6. The number of hydrogen-bond donors (Lipinski definition) is 2. The Bertz CT molecular complexity index is 1260. The number of carboxylic acid groups (broad SMARTS) is 1. The topological polar surface area (TPSA) is 82.1 Å². The van der Waals surface area contributed by atoms with Crippen LogP contribution in [0.4, 0.5) is 10.5 Å². The van der Waals surface area contributed by atoms with Crippen molar-refractivity contribution in [1.29, 1.82) is 0 Å². The van der Waals surface area contributed by atoms with Crippen molar-refractivity contribution < 1.29 is 19.4 Å². The van der Waals surface area contributed by atoms with E-state index in [0.717, 1.165) is 24.2 Å². The Hall–Kier alpha value is -3.84. The Morgan fingerprint density at radius 2 is 1.58 bits per heavy atom. The number of benzene rings is 3. The van der Waals surface area contributed by atoms with Gasteiger partial charge in [-0.05, 0) is 40.3 Å². The second-order valence-corrected chi connectivity index (χ2v) is 9.89. The minimum absolute atomic E-state index is 0.0302. The maximum atomic E-state index is 12.8. The number of fused-ring (bicyclic) bond motifs is 5. The molecule has 1 saturated heterocycles. The van der Waals surface area contributed by atoms with Gasteiger partial charge in [-0.3, -0.25) is 9.69 Å². The summed E-state index contributed by atoms with van der Waals surface area (Å²) in [6, 6.07) is 24.7. The van der Waals surface area contributed by atoms with Gasteiger partial charge < -0.3 is 20.1 Å². The van der Waals surface area contributed by atoms with Gasteiger partial charge in [-0.2, -0.15) is 0 Å². The average molecular weight is 484 g/mol. The molecule has 184 valence electrons. The maximum Gasteiger partial charge on any atom is 0.407 e. The highest BCUT2D eigenvalue weighted by molar-refractivity contribution is 5.79. The molecule has 6 rings (SSSR count). The van der Waals surface area contributed by atoms with E-state index in [-0.39, 0.29) is 24.5 Å². The Labute approximate surface area is 210 Å². The van der Waals surface area contributed by atoms with Gasteiger partial charge in [0.25, 0.3) is 0 Å². The highest BCUT2D eigenvalue weighted by Gasteiger charge is 2.37. The minimum Gasteiger partial charge on any atom is -0.480 e. The first-order valence-electron chi connectivity index (χ1n) is 12.5. The molecule has 2 atom stereocenters. The minimum atomic E-state index is -0.843. The van der Waals surface area contributed by atoms with Gasteiger partial charge in [0.05, 0.1) is 0 Å². The molecule has 0 unspecified atom stereocenters. The molecule has 7 heteroatoms. The molecule has 2 heterocycles. The Balaban J connectivity index is 1.10. The van der Waals surface area contributed by atoms with Crippen molar-refractivity contribution in [3.05, 3.63) is 89.5 Å². The van der Waals surface area contributed by atoms with Gasteiger partial charge in [-0.15, -0.1) is 0 Å². The largest absolute Gasteiger partial charge is 0.480 e. The first-order valence-corrected chi connectivity index (χ1v) is 12.5. The number of anilines is 1. The van der Waals surface area contributed by atoms with E-state index >= 15 is 0 Å². The second kappa shape index (κ2) is 9.32. The molecule has 1 amide bonds. The van der Waals surface area contributed by atoms with Crippen LogP contribution >= 0.6 is 0 Å². The summed E-state index contributed by atoms with van der Waals surface area (Å²) in [5, 5.41) is 12.5. The third-order valence-corrected chi connectivity index (χ3v) is 7.66. The van der Waals surface area contributed by atoms with Gasteiger partial charge in [0, 0.05) is 43.3 Å². The van der Waals surface area contributed by atoms with Gasteiger partial charge in [0.2, 0.25) is 0 Å². The Morgan fingerprint density at radius 3 is 2.31 bits per heavy atom. The van der Waals surface area contributed by atoms with Crippen molar-refractivity contribution in [3.8, 4) is 11.1 Å². The number of carbonyl (C=O) groups is 2. The highest BCUT2D eigenvalue weighted by atomic mass is 16.5. The molecule has 0 radical (unpaired) electrons. The first-order chi connectivity index (χ1) is 17.6. The Kier molecular flexibility index (Phi) is 5.85. The lowest BCUT2D eigenvalue weighted by molar-refractivity contribution is -0.135. The van der Waals surface area contributed by atoms with Crippen molar-refractivity contribution in [2.24, 2.45) is 0 Å². The van der Waals surface area contributed by atoms with Crippen LogP contribution in [0.1, 0.15) is 29.0 Å². The number of ether oxygens (including phenoxy) is 1. The van der Waals surface area contributed by atoms with Gasteiger partial charge in [-0.25, -0.2) is 4.79 Å². The van der Waals surface area contributed by atoms with Crippen LogP contribution < -0.4 is 10.2 Å². The normalized spacial score (nSPS) is 20.6. The number of rotatable bonds is 5. The van der Waals surface area contributed by atoms with Crippen LogP contribution in [0.25, 0.3) is 11.1 Å². The van der Waals surface area contributed by atoms with Crippen molar-refractivity contribution in [1.82, 2.24) is 10.2 Å². The van der Waals surface area contributed by atoms with Crippen LogP contribution in [-0.2, 0) is 16.1 Å². The van der Waals surface area contributed by atoms with Crippen LogP contribution in [-0.4, -0.2) is 60.4 Å². The Morgan fingerprint density at radius 1 is 0.917 bits per heavy atom. The second-order valence-electron chi connectivity index (χ2n) is 9.89. The number of alkyl carbamates (subject to hydrolysis) is 1. The van der Waals surface area contributed by atoms with Gasteiger partial charge in [-0.1, -0.05) is 66.7 Å². The summed E-state index contributed by atoms with van der Waals surface area (Å²) >= 11 is 0. The van der Waals surface area contributed by atoms with Crippen molar-refractivity contribution >= 4 is 17.7 Å². The quantitative estimate of drug-likeness (QED) is 0.569. The number of hydrogen-bond acceptors (Lipinski definition) is 5. The standard InChI is InChI=1S/C29H29N3O4/c33-28(34)17-32-16-21-13-20(15-31(21)14-19-7-1-6-12-27(19)32)30-29(35)36-18-26-24-10-4-2-8-22(24)23-9-3-5-11-25(23)26/h1-12,20-21,26H,13-18H2,(H,30,35)(H,33,34)/t20-,21-/m0/s1. The molecule has 1 aliphatic carbocycles. The molecule has 3 aromatic carbocycles. The van der Waals surface area contributed by atoms with Crippen molar-refractivity contribution in [2.45, 2.75) is 31.0 Å². The zero-order chi connectivity index (χ0) is 24.6. The third kappa shape index (κ3) is 4.20. The zero-order valence-electron chi connectivity index (χ0n) is 20.0. The lowest BCUT2D eigenvalue weighted by Gasteiger charge is -2.26. The van der Waals surface area contributed by atoms with Crippen LogP contribution in [0.5, 0.6) is 0 Å². The fraction of sp³-hybridized carbons (Fsp3) is 0.310.